The van der Waals surface area contributed by atoms with Crippen LogP contribution < -0.4 is 0 Å². The summed E-state index contributed by atoms with van der Waals surface area (Å²) in [5.41, 5.74) is 0. The summed E-state index contributed by atoms with van der Waals surface area (Å²) in [5.74, 6) is 0. The third-order valence-corrected chi connectivity index (χ3v) is 2.89. The summed E-state index contributed by atoms with van der Waals surface area (Å²) >= 11 is 1.74. The first-order chi connectivity index (χ1) is 6.58. The topological polar surface area (TPSA) is 36.4 Å². The van der Waals surface area contributed by atoms with Gasteiger partial charge in [0.15, 0.2) is 0 Å². The van der Waals surface area contributed by atoms with Crippen molar-refractivity contribution < 1.29 is 5.11 Å². The molecule has 0 aliphatic heterocycles. The van der Waals surface area contributed by atoms with Crippen LogP contribution in [0.5, 0.6) is 0 Å². The molecule has 0 amide bonds. The molecular weight excluding hydrogens is 196 g/mol. The minimum absolute atomic E-state index is 0.226. The van der Waals surface area contributed by atoms with Gasteiger partial charge in [0.25, 0.3) is 0 Å². The van der Waals surface area contributed by atoms with Crippen molar-refractivity contribution in [2.45, 2.75) is 32.4 Å². The first-order valence-corrected chi connectivity index (χ1v) is 5.66. The molecule has 0 aliphatic carbocycles. The van der Waals surface area contributed by atoms with Gasteiger partial charge in [0.1, 0.15) is 0 Å². The predicted molar refractivity (Wildman–Crippen MR) is 59.5 cm³/mol. The Balaban J connectivity index is 2.42. The molecule has 1 rings (SSSR count). The van der Waals surface area contributed by atoms with Gasteiger partial charge in [-0.15, -0.1) is 11.3 Å². The van der Waals surface area contributed by atoms with Crippen molar-refractivity contribution in [1.29, 1.82) is 0 Å². The highest BCUT2D eigenvalue weighted by Gasteiger charge is 2.04. The standard InChI is InChI=1S/C10H18N2OS/c1-8(13)4-5-10-11-6-9(14-10)7-12(2)3/h6,8,13H,4-5,7H2,1-3H3/t8-/m1/s1. The summed E-state index contributed by atoms with van der Waals surface area (Å²) in [5, 5.41) is 10.3. The van der Waals surface area contributed by atoms with Gasteiger partial charge in [0, 0.05) is 24.0 Å². The Morgan fingerprint density at radius 2 is 2.29 bits per heavy atom. The maximum absolute atomic E-state index is 9.13. The van der Waals surface area contributed by atoms with Crippen LogP contribution in [0.25, 0.3) is 0 Å². The fourth-order valence-corrected chi connectivity index (χ4v) is 2.24. The lowest BCUT2D eigenvalue weighted by Gasteiger charge is -2.05. The van der Waals surface area contributed by atoms with E-state index in [2.05, 4.69) is 24.0 Å². The van der Waals surface area contributed by atoms with Gasteiger partial charge in [-0.05, 0) is 27.4 Å². The quantitative estimate of drug-likeness (QED) is 0.807. The Morgan fingerprint density at radius 1 is 1.57 bits per heavy atom. The number of aromatic nitrogens is 1. The van der Waals surface area contributed by atoms with Crippen LogP contribution in [-0.4, -0.2) is 35.2 Å². The van der Waals surface area contributed by atoms with Crippen molar-refractivity contribution in [3.05, 3.63) is 16.1 Å². The van der Waals surface area contributed by atoms with Crippen molar-refractivity contribution in [3.63, 3.8) is 0 Å². The highest BCUT2D eigenvalue weighted by Crippen LogP contribution is 2.16. The van der Waals surface area contributed by atoms with E-state index in [4.69, 9.17) is 5.11 Å². The zero-order valence-corrected chi connectivity index (χ0v) is 9.84. The van der Waals surface area contributed by atoms with E-state index in [1.54, 1.807) is 11.3 Å². The lowest BCUT2D eigenvalue weighted by molar-refractivity contribution is 0.185. The molecule has 0 spiro atoms. The smallest absolute Gasteiger partial charge is 0.0929 e. The number of thiazole rings is 1. The van der Waals surface area contributed by atoms with Crippen LogP contribution in [0.2, 0.25) is 0 Å². The normalized spacial score (nSPS) is 13.5. The summed E-state index contributed by atoms with van der Waals surface area (Å²) < 4.78 is 0. The van der Waals surface area contributed by atoms with Gasteiger partial charge in [-0.3, -0.25) is 0 Å². The number of rotatable bonds is 5. The minimum atomic E-state index is -0.226. The molecule has 0 fully saturated rings. The average Bonchev–Trinajstić information content (AvgIpc) is 2.47. The van der Waals surface area contributed by atoms with Gasteiger partial charge in [0.2, 0.25) is 0 Å². The second-order valence-electron chi connectivity index (χ2n) is 3.85. The molecule has 1 heterocycles. The maximum atomic E-state index is 9.13. The second-order valence-corrected chi connectivity index (χ2v) is 5.05. The van der Waals surface area contributed by atoms with Gasteiger partial charge in [-0.2, -0.15) is 0 Å². The number of aliphatic hydroxyl groups is 1. The minimum Gasteiger partial charge on any atom is -0.393 e. The molecule has 1 N–H and O–H groups in total. The first-order valence-electron chi connectivity index (χ1n) is 4.84. The van der Waals surface area contributed by atoms with Gasteiger partial charge in [-0.1, -0.05) is 0 Å². The Morgan fingerprint density at radius 3 is 2.86 bits per heavy atom. The van der Waals surface area contributed by atoms with Crippen LogP contribution in [-0.2, 0) is 13.0 Å². The third kappa shape index (κ3) is 4.17. The summed E-state index contributed by atoms with van der Waals surface area (Å²) in [6, 6.07) is 0. The Labute approximate surface area is 89.4 Å². The number of aliphatic hydroxyl groups excluding tert-OH is 1. The molecule has 0 aromatic carbocycles. The molecule has 1 aromatic heterocycles. The summed E-state index contributed by atoms with van der Waals surface area (Å²) in [6.45, 7) is 2.76. The number of aryl methyl sites for hydroxylation is 1. The van der Waals surface area contributed by atoms with Gasteiger partial charge in [0.05, 0.1) is 11.1 Å². The molecule has 4 heteroatoms. The van der Waals surface area contributed by atoms with Gasteiger partial charge in [-0.25, -0.2) is 4.98 Å². The highest BCUT2D eigenvalue weighted by molar-refractivity contribution is 7.11. The van der Waals surface area contributed by atoms with E-state index in [-0.39, 0.29) is 6.10 Å². The fourth-order valence-electron chi connectivity index (χ4n) is 1.18. The Bertz CT molecular complexity index is 271. The van der Waals surface area contributed by atoms with Crippen molar-refractivity contribution in [3.8, 4) is 0 Å². The SMILES string of the molecule is C[C@@H](O)CCc1ncc(CN(C)C)s1. The van der Waals surface area contributed by atoms with E-state index in [0.717, 1.165) is 24.4 Å². The fraction of sp³-hybridized carbons (Fsp3) is 0.700. The van der Waals surface area contributed by atoms with E-state index < -0.39 is 0 Å². The van der Waals surface area contributed by atoms with Crippen molar-refractivity contribution in [2.24, 2.45) is 0 Å². The van der Waals surface area contributed by atoms with Crippen LogP contribution >= 0.6 is 11.3 Å². The van der Waals surface area contributed by atoms with Crippen molar-refractivity contribution >= 4 is 11.3 Å². The van der Waals surface area contributed by atoms with Crippen molar-refractivity contribution in [2.75, 3.05) is 14.1 Å². The van der Waals surface area contributed by atoms with Crippen LogP contribution in [0, 0.1) is 0 Å². The van der Waals surface area contributed by atoms with Crippen LogP contribution in [0.3, 0.4) is 0 Å². The molecule has 1 aromatic rings. The molecule has 0 bridgehead atoms. The lowest BCUT2D eigenvalue weighted by Crippen LogP contribution is -2.09. The number of hydrogen-bond acceptors (Lipinski definition) is 4. The van der Waals surface area contributed by atoms with E-state index in [0.29, 0.717) is 0 Å². The van der Waals surface area contributed by atoms with Crippen LogP contribution in [0.1, 0.15) is 23.2 Å². The molecule has 14 heavy (non-hydrogen) atoms. The predicted octanol–water partition coefficient (Wildman–Crippen LogP) is 1.52. The van der Waals surface area contributed by atoms with Crippen LogP contribution in [0.4, 0.5) is 0 Å². The Kier molecular flexibility index (Phi) is 4.51. The molecule has 0 saturated carbocycles. The molecule has 1 atom stereocenters. The number of nitrogens with zero attached hydrogens (tertiary/aromatic N) is 2. The third-order valence-electron chi connectivity index (χ3n) is 1.85. The number of hydrogen-bond donors (Lipinski definition) is 1. The molecular formula is C10H18N2OS. The van der Waals surface area contributed by atoms with Gasteiger partial charge < -0.3 is 10.0 Å². The zero-order chi connectivity index (χ0) is 10.6. The monoisotopic (exact) mass is 214 g/mol. The molecule has 0 saturated heterocycles. The van der Waals surface area contributed by atoms with E-state index in [1.807, 2.05) is 13.1 Å². The van der Waals surface area contributed by atoms with E-state index in [1.165, 1.54) is 4.88 Å². The lowest BCUT2D eigenvalue weighted by atomic mass is 10.2. The Hall–Kier alpha value is -0.450. The molecule has 0 unspecified atom stereocenters. The molecule has 0 radical (unpaired) electrons. The van der Waals surface area contributed by atoms with Crippen molar-refractivity contribution in [1.82, 2.24) is 9.88 Å². The largest absolute Gasteiger partial charge is 0.393 e. The zero-order valence-electron chi connectivity index (χ0n) is 9.03. The van der Waals surface area contributed by atoms with Crippen LogP contribution in [0.15, 0.2) is 6.20 Å². The average molecular weight is 214 g/mol. The molecule has 80 valence electrons. The highest BCUT2D eigenvalue weighted by atomic mass is 32.1. The van der Waals surface area contributed by atoms with E-state index in [9.17, 15) is 0 Å². The maximum Gasteiger partial charge on any atom is 0.0929 e. The summed E-state index contributed by atoms with van der Waals surface area (Å²) in [6.07, 6.45) is 3.39. The second kappa shape index (κ2) is 5.44. The first kappa shape index (κ1) is 11.6. The summed E-state index contributed by atoms with van der Waals surface area (Å²) in [4.78, 5) is 7.74. The molecule has 0 aliphatic rings. The molecule has 3 nitrogen and oxygen atoms in total. The van der Waals surface area contributed by atoms with E-state index >= 15 is 0 Å². The van der Waals surface area contributed by atoms with Gasteiger partial charge >= 0.3 is 0 Å². The summed E-state index contributed by atoms with van der Waals surface area (Å²) in [7, 11) is 4.10.